The maximum Gasteiger partial charge on any atom is 0.573 e. The Labute approximate surface area is 186 Å². The molecule has 0 fully saturated rings. The monoisotopic (exact) mass is 471 g/mol. The predicted molar refractivity (Wildman–Crippen MR) is 113 cm³/mol. The molecule has 0 unspecified atom stereocenters. The minimum absolute atomic E-state index is 0.0140. The Hall–Kier alpha value is -2.64. The third-order valence-corrected chi connectivity index (χ3v) is 5.16. The second kappa shape index (κ2) is 8.85. The molecule has 0 spiro atoms. The molecule has 1 amide bonds. The van der Waals surface area contributed by atoms with Crippen molar-refractivity contribution in [3.8, 4) is 5.75 Å². The van der Waals surface area contributed by atoms with Crippen molar-refractivity contribution in [2.24, 2.45) is 0 Å². The summed E-state index contributed by atoms with van der Waals surface area (Å²) in [5.41, 5.74) is 4.47. The number of nitrogens with one attached hydrogen (secondary N) is 1. The lowest BCUT2D eigenvalue weighted by molar-refractivity contribution is -0.274. The molecule has 1 N–H and O–H groups in total. The van der Waals surface area contributed by atoms with Gasteiger partial charge in [-0.05, 0) is 49.6 Å². The number of hydrogen-bond donors (Lipinski definition) is 1. The molecule has 1 aromatic heterocycles. The second-order valence-corrected chi connectivity index (χ2v) is 7.90. The van der Waals surface area contributed by atoms with Gasteiger partial charge >= 0.3 is 6.36 Å². The SMILES string of the molecule is Cc1cc(C)c(Cc2ccc(C(=O)Nc3c(Cl)cc(OC(F)(F)F)cc3Cl)o2)c(C)c1. The van der Waals surface area contributed by atoms with Gasteiger partial charge in [0.25, 0.3) is 5.91 Å². The lowest BCUT2D eigenvalue weighted by Gasteiger charge is -2.13. The summed E-state index contributed by atoms with van der Waals surface area (Å²) in [6.45, 7) is 6.06. The standard InChI is InChI=1S/C22H18Cl2F3NO3/c1-11-6-12(2)16(13(3)7-11)8-14-4-5-19(30-14)21(29)28-20-17(23)9-15(10-18(20)24)31-22(25,26)27/h4-7,9-10H,8H2,1-3H3,(H,28,29). The van der Waals surface area contributed by atoms with E-state index in [0.29, 0.717) is 12.2 Å². The van der Waals surface area contributed by atoms with Crippen LogP contribution in [0.1, 0.15) is 38.6 Å². The third kappa shape index (κ3) is 5.74. The van der Waals surface area contributed by atoms with E-state index in [9.17, 15) is 18.0 Å². The first-order valence-corrected chi connectivity index (χ1v) is 9.90. The van der Waals surface area contributed by atoms with E-state index in [0.717, 1.165) is 28.8 Å². The second-order valence-electron chi connectivity index (χ2n) is 7.08. The molecular formula is C22H18Cl2F3NO3. The Bertz CT molecular complexity index is 1090. The summed E-state index contributed by atoms with van der Waals surface area (Å²) in [6, 6.07) is 9.17. The van der Waals surface area contributed by atoms with Gasteiger partial charge in [0.2, 0.25) is 0 Å². The number of ether oxygens (including phenoxy) is 1. The molecule has 2 aromatic carbocycles. The lowest BCUT2D eigenvalue weighted by Crippen LogP contribution is -2.17. The van der Waals surface area contributed by atoms with E-state index >= 15 is 0 Å². The van der Waals surface area contributed by atoms with Gasteiger partial charge in [-0.15, -0.1) is 13.2 Å². The summed E-state index contributed by atoms with van der Waals surface area (Å²) in [6.07, 6.45) is -4.38. The Morgan fingerprint density at radius 2 is 1.61 bits per heavy atom. The quantitative estimate of drug-likeness (QED) is 0.426. The van der Waals surface area contributed by atoms with Crippen molar-refractivity contribution in [2.75, 3.05) is 5.32 Å². The number of amides is 1. The smallest absolute Gasteiger partial charge is 0.456 e. The van der Waals surface area contributed by atoms with E-state index in [2.05, 4.69) is 22.2 Å². The highest BCUT2D eigenvalue weighted by Gasteiger charge is 2.31. The summed E-state index contributed by atoms with van der Waals surface area (Å²) in [5.74, 6) is -0.631. The molecule has 31 heavy (non-hydrogen) atoms. The molecule has 9 heteroatoms. The topological polar surface area (TPSA) is 51.5 Å². The van der Waals surface area contributed by atoms with Gasteiger partial charge in [0.15, 0.2) is 5.76 Å². The zero-order valence-corrected chi connectivity index (χ0v) is 18.3. The largest absolute Gasteiger partial charge is 0.573 e. The van der Waals surface area contributed by atoms with Crippen molar-refractivity contribution in [3.05, 3.63) is 80.2 Å². The van der Waals surface area contributed by atoms with Gasteiger partial charge in [-0.25, -0.2) is 0 Å². The van der Waals surface area contributed by atoms with Crippen molar-refractivity contribution >= 4 is 34.8 Å². The molecule has 0 saturated heterocycles. The zero-order valence-electron chi connectivity index (χ0n) is 16.8. The van der Waals surface area contributed by atoms with Crippen molar-refractivity contribution in [1.29, 1.82) is 0 Å². The number of aryl methyl sites for hydroxylation is 3. The molecule has 0 bridgehead atoms. The molecule has 0 saturated carbocycles. The molecule has 1 heterocycles. The van der Waals surface area contributed by atoms with Gasteiger partial charge in [0, 0.05) is 18.6 Å². The highest BCUT2D eigenvalue weighted by molar-refractivity contribution is 6.40. The fraction of sp³-hybridized carbons (Fsp3) is 0.227. The molecular weight excluding hydrogens is 454 g/mol. The molecule has 3 rings (SSSR count). The first kappa shape index (κ1) is 23.0. The van der Waals surface area contributed by atoms with Crippen LogP contribution in [0.3, 0.4) is 0 Å². The van der Waals surface area contributed by atoms with E-state index in [1.54, 1.807) is 6.07 Å². The highest BCUT2D eigenvalue weighted by atomic mass is 35.5. The third-order valence-electron chi connectivity index (χ3n) is 4.56. The Morgan fingerprint density at radius 1 is 1.03 bits per heavy atom. The Balaban J connectivity index is 1.76. The number of benzene rings is 2. The van der Waals surface area contributed by atoms with E-state index in [1.165, 1.54) is 11.6 Å². The first-order chi connectivity index (χ1) is 14.4. The summed E-state index contributed by atoms with van der Waals surface area (Å²) >= 11 is 12.0. The maximum atomic E-state index is 12.5. The number of alkyl halides is 3. The van der Waals surface area contributed by atoms with Crippen LogP contribution in [0.5, 0.6) is 5.75 Å². The van der Waals surface area contributed by atoms with Crippen LogP contribution in [0, 0.1) is 20.8 Å². The Kier molecular flexibility index (Phi) is 6.57. The van der Waals surface area contributed by atoms with E-state index < -0.39 is 18.0 Å². The minimum atomic E-state index is -4.89. The number of rotatable bonds is 5. The molecule has 164 valence electrons. The van der Waals surface area contributed by atoms with Gasteiger partial charge < -0.3 is 14.5 Å². The molecule has 0 aliphatic heterocycles. The van der Waals surface area contributed by atoms with E-state index in [4.69, 9.17) is 27.6 Å². The van der Waals surface area contributed by atoms with Gasteiger partial charge in [-0.3, -0.25) is 4.79 Å². The van der Waals surface area contributed by atoms with Crippen LogP contribution in [0.2, 0.25) is 10.0 Å². The summed E-state index contributed by atoms with van der Waals surface area (Å²) < 4.78 is 46.6. The molecule has 0 aliphatic rings. The van der Waals surface area contributed by atoms with Crippen LogP contribution in [-0.2, 0) is 6.42 Å². The van der Waals surface area contributed by atoms with Gasteiger partial charge in [-0.2, -0.15) is 0 Å². The fourth-order valence-electron chi connectivity index (χ4n) is 3.29. The number of carbonyl (C=O) groups excluding carboxylic acids is 1. The normalized spacial score (nSPS) is 11.5. The number of anilines is 1. The number of furan rings is 1. The molecule has 4 nitrogen and oxygen atoms in total. The van der Waals surface area contributed by atoms with Gasteiger partial charge in [0.05, 0.1) is 15.7 Å². The van der Waals surface area contributed by atoms with Crippen LogP contribution in [0.4, 0.5) is 18.9 Å². The maximum absolute atomic E-state index is 12.5. The number of carbonyl (C=O) groups is 1. The van der Waals surface area contributed by atoms with Crippen molar-refractivity contribution < 1.29 is 27.1 Å². The first-order valence-electron chi connectivity index (χ1n) is 9.14. The van der Waals surface area contributed by atoms with Gasteiger partial charge in [0.1, 0.15) is 11.5 Å². The summed E-state index contributed by atoms with van der Waals surface area (Å²) in [5, 5.41) is 2.04. The van der Waals surface area contributed by atoms with Crippen molar-refractivity contribution in [3.63, 3.8) is 0 Å². The summed E-state index contributed by atoms with van der Waals surface area (Å²) in [7, 11) is 0. The average Bonchev–Trinajstić information content (AvgIpc) is 3.08. The Morgan fingerprint density at radius 3 is 2.16 bits per heavy atom. The predicted octanol–water partition coefficient (Wildman–Crippen LogP) is 7.25. The zero-order chi connectivity index (χ0) is 22.9. The van der Waals surface area contributed by atoms with Crippen LogP contribution in [-0.4, -0.2) is 12.3 Å². The highest BCUT2D eigenvalue weighted by Crippen LogP contribution is 2.37. The van der Waals surface area contributed by atoms with Crippen LogP contribution in [0.15, 0.2) is 40.8 Å². The number of hydrogen-bond acceptors (Lipinski definition) is 3. The van der Waals surface area contributed by atoms with Crippen LogP contribution >= 0.6 is 23.2 Å². The molecule has 3 aromatic rings. The minimum Gasteiger partial charge on any atom is -0.456 e. The fourth-order valence-corrected chi connectivity index (χ4v) is 3.86. The molecule has 0 radical (unpaired) electrons. The van der Waals surface area contributed by atoms with E-state index in [1.807, 2.05) is 20.8 Å². The van der Waals surface area contributed by atoms with E-state index in [-0.39, 0.29) is 21.5 Å². The summed E-state index contributed by atoms with van der Waals surface area (Å²) in [4.78, 5) is 12.5. The average molecular weight is 472 g/mol. The molecule has 0 atom stereocenters. The van der Waals surface area contributed by atoms with Crippen LogP contribution < -0.4 is 10.1 Å². The lowest BCUT2D eigenvalue weighted by atomic mass is 9.97. The molecule has 0 aliphatic carbocycles. The van der Waals surface area contributed by atoms with Crippen LogP contribution in [0.25, 0.3) is 0 Å². The van der Waals surface area contributed by atoms with Crippen molar-refractivity contribution in [1.82, 2.24) is 0 Å². The number of halogens is 5. The van der Waals surface area contributed by atoms with Crippen molar-refractivity contribution in [2.45, 2.75) is 33.6 Å². The van der Waals surface area contributed by atoms with Gasteiger partial charge in [-0.1, -0.05) is 40.9 Å².